The number of rotatable bonds is 2. The molecular formula is C14H17NO4. The van der Waals surface area contributed by atoms with Gasteiger partial charge in [-0.05, 0) is 30.2 Å². The Labute approximate surface area is 111 Å². The minimum atomic E-state index is -0.270. The molecule has 1 N–H and O–H groups in total. The van der Waals surface area contributed by atoms with E-state index in [1.165, 1.54) is 19.2 Å². The molecule has 5 nitrogen and oxygen atoms in total. The Morgan fingerprint density at radius 1 is 1.26 bits per heavy atom. The van der Waals surface area contributed by atoms with Crippen LogP contribution in [0, 0.1) is 11.8 Å². The minimum Gasteiger partial charge on any atom is -0.508 e. The second kappa shape index (κ2) is 5.30. The number of carbonyl (C=O) groups excluding carboxylic acids is 2. The number of hydrogen-bond acceptors (Lipinski definition) is 4. The van der Waals surface area contributed by atoms with Crippen molar-refractivity contribution in [1.82, 2.24) is 4.90 Å². The van der Waals surface area contributed by atoms with Crippen molar-refractivity contribution in [3.63, 3.8) is 0 Å². The number of phenolic OH excluding ortho intramolecular Hbond substituents is 1. The number of benzene rings is 1. The molecule has 0 radical (unpaired) electrons. The lowest BCUT2D eigenvalue weighted by Gasteiger charge is -2.16. The summed E-state index contributed by atoms with van der Waals surface area (Å²) in [6.07, 6.45) is 0. The molecule has 1 saturated heterocycles. The Kier molecular flexibility index (Phi) is 3.74. The number of carbonyl (C=O) groups is 2. The number of nitrogens with zero attached hydrogens (tertiary/aromatic N) is 1. The number of likely N-dealkylation sites (tertiary alicyclic amines) is 1. The number of amides is 1. The second-order valence-corrected chi connectivity index (χ2v) is 4.86. The van der Waals surface area contributed by atoms with E-state index in [2.05, 4.69) is 0 Å². The summed E-state index contributed by atoms with van der Waals surface area (Å²) in [6.45, 7) is 2.86. The van der Waals surface area contributed by atoms with Crippen LogP contribution < -0.4 is 0 Å². The van der Waals surface area contributed by atoms with Gasteiger partial charge >= 0.3 is 5.97 Å². The van der Waals surface area contributed by atoms with Crippen molar-refractivity contribution in [3.05, 3.63) is 29.8 Å². The highest BCUT2D eigenvalue weighted by Crippen LogP contribution is 2.25. The predicted molar refractivity (Wildman–Crippen MR) is 68.7 cm³/mol. The molecule has 0 aliphatic carbocycles. The molecule has 0 saturated carbocycles. The van der Waals surface area contributed by atoms with E-state index in [1.807, 2.05) is 6.92 Å². The number of ether oxygens (including phenoxy) is 1. The molecule has 1 aromatic carbocycles. The maximum atomic E-state index is 12.3. The molecule has 102 valence electrons. The fraction of sp³-hybridized carbons (Fsp3) is 0.429. The summed E-state index contributed by atoms with van der Waals surface area (Å²) in [5.74, 6) is -0.440. The van der Waals surface area contributed by atoms with Crippen molar-refractivity contribution in [2.45, 2.75) is 6.92 Å². The molecule has 1 aliphatic rings. The van der Waals surface area contributed by atoms with Crippen LogP contribution in [0.3, 0.4) is 0 Å². The maximum absolute atomic E-state index is 12.3. The zero-order valence-corrected chi connectivity index (χ0v) is 11.0. The average Bonchev–Trinajstić information content (AvgIpc) is 2.80. The van der Waals surface area contributed by atoms with Crippen LogP contribution >= 0.6 is 0 Å². The molecule has 19 heavy (non-hydrogen) atoms. The number of methoxy groups -OCH3 is 1. The van der Waals surface area contributed by atoms with Crippen molar-refractivity contribution >= 4 is 11.9 Å². The van der Waals surface area contributed by atoms with Crippen LogP contribution in [0.1, 0.15) is 17.3 Å². The third-order valence-corrected chi connectivity index (χ3v) is 3.52. The number of aromatic hydroxyl groups is 1. The van der Waals surface area contributed by atoms with Crippen LogP contribution in [0.4, 0.5) is 0 Å². The van der Waals surface area contributed by atoms with E-state index < -0.39 is 0 Å². The Hall–Kier alpha value is -2.04. The largest absolute Gasteiger partial charge is 0.508 e. The van der Waals surface area contributed by atoms with Gasteiger partial charge in [-0.2, -0.15) is 0 Å². The van der Waals surface area contributed by atoms with E-state index in [1.54, 1.807) is 17.0 Å². The first kappa shape index (κ1) is 13.4. The average molecular weight is 263 g/mol. The Bertz CT molecular complexity index is 483. The first-order valence-electron chi connectivity index (χ1n) is 6.19. The van der Waals surface area contributed by atoms with Crippen molar-refractivity contribution in [2.24, 2.45) is 11.8 Å². The number of hydrogen-bond donors (Lipinski definition) is 1. The third kappa shape index (κ3) is 2.70. The Morgan fingerprint density at radius 2 is 1.89 bits per heavy atom. The lowest BCUT2D eigenvalue weighted by atomic mass is 9.99. The zero-order chi connectivity index (χ0) is 14.0. The SMILES string of the molecule is COC(=O)C1CN(C(=O)c2ccc(O)cc2)CC1C. The highest BCUT2D eigenvalue weighted by Gasteiger charge is 2.37. The molecule has 0 spiro atoms. The van der Waals surface area contributed by atoms with Gasteiger partial charge < -0.3 is 14.7 Å². The smallest absolute Gasteiger partial charge is 0.310 e. The molecule has 2 atom stereocenters. The normalized spacial score (nSPS) is 22.3. The van der Waals surface area contributed by atoms with Crippen LogP contribution in [0.5, 0.6) is 5.75 Å². The van der Waals surface area contributed by atoms with Crippen LogP contribution in [0.15, 0.2) is 24.3 Å². The number of phenols is 1. The van der Waals surface area contributed by atoms with Gasteiger partial charge in [0.05, 0.1) is 13.0 Å². The van der Waals surface area contributed by atoms with E-state index >= 15 is 0 Å². The van der Waals surface area contributed by atoms with E-state index in [0.717, 1.165) is 0 Å². The summed E-state index contributed by atoms with van der Waals surface area (Å²) in [5.41, 5.74) is 0.510. The molecule has 1 amide bonds. The van der Waals surface area contributed by atoms with Gasteiger partial charge in [0.1, 0.15) is 5.75 Å². The fourth-order valence-corrected chi connectivity index (χ4v) is 2.38. The molecule has 5 heteroatoms. The Balaban J connectivity index is 2.09. The summed E-state index contributed by atoms with van der Waals surface area (Å²) in [6, 6.07) is 6.11. The molecule has 2 rings (SSSR count). The Morgan fingerprint density at radius 3 is 2.47 bits per heavy atom. The highest BCUT2D eigenvalue weighted by molar-refractivity contribution is 5.95. The van der Waals surface area contributed by atoms with Crippen molar-refractivity contribution in [3.8, 4) is 5.75 Å². The van der Waals surface area contributed by atoms with Gasteiger partial charge in [-0.25, -0.2) is 0 Å². The van der Waals surface area contributed by atoms with Gasteiger partial charge in [-0.3, -0.25) is 9.59 Å². The van der Waals surface area contributed by atoms with Gasteiger partial charge in [-0.15, -0.1) is 0 Å². The van der Waals surface area contributed by atoms with Gasteiger partial charge in [0.2, 0.25) is 0 Å². The van der Waals surface area contributed by atoms with Gasteiger partial charge in [0, 0.05) is 18.7 Å². The van der Waals surface area contributed by atoms with Crippen LogP contribution in [0.25, 0.3) is 0 Å². The quantitative estimate of drug-likeness (QED) is 0.816. The first-order valence-corrected chi connectivity index (χ1v) is 6.19. The lowest BCUT2D eigenvalue weighted by Crippen LogP contribution is -2.30. The topological polar surface area (TPSA) is 66.8 Å². The summed E-state index contributed by atoms with van der Waals surface area (Å²) in [7, 11) is 1.36. The molecule has 0 bridgehead atoms. The molecule has 1 fully saturated rings. The van der Waals surface area contributed by atoms with E-state index in [9.17, 15) is 14.7 Å². The number of esters is 1. The van der Waals surface area contributed by atoms with Crippen molar-refractivity contribution in [2.75, 3.05) is 20.2 Å². The second-order valence-electron chi connectivity index (χ2n) is 4.86. The van der Waals surface area contributed by atoms with Crippen LogP contribution in [0.2, 0.25) is 0 Å². The molecule has 2 unspecified atom stereocenters. The van der Waals surface area contributed by atoms with Gasteiger partial charge in [0.15, 0.2) is 0 Å². The molecule has 0 aromatic heterocycles. The van der Waals surface area contributed by atoms with Crippen molar-refractivity contribution in [1.29, 1.82) is 0 Å². The molecule has 1 aromatic rings. The van der Waals surface area contributed by atoms with E-state index in [4.69, 9.17) is 4.74 Å². The molecule has 1 aliphatic heterocycles. The van der Waals surface area contributed by atoms with E-state index in [-0.39, 0.29) is 29.5 Å². The predicted octanol–water partition coefficient (Wildman–Crippen LogP) is 1.27. The maximum Gasteiger partial charge on any atom is 0.310 e. The fourth-order valence-electron chi connectivity index (χ4n) is 2.38. The lowest BCUT2D eigenvalue weighted by molar-refractivity contribution is -0.146. The van der Waals surface area contributed by atoms with Gasteiger partial charge in [0.25, 0.3) is 5.91 Å². The zero-order valence-electron chi connectivity index (χ0n) is 11.0. The summed E-state index contributed by atoms with van der Waals surface area (Å²) >= 11 is 0. The summed E-state index contributed by atoms with van der Waals surface area (Å²) in [5, 5.41) is 9.21. The summed E-state index contributed by atoms with van der Waals surface area (Å²) < 4.78 is 4.74. The molecule has 1 heterocycles. The van der Waals surface area contributed by atoms with Crippen LogP contribution in [-0.2, 0) is 9.53 Å². The van der Waals surface area contributed by atoms with Gasteiger partial charge in [-0.1, -0.05) is 6.92 Å². The molecular weight excluding hydrogens is 246 g/mol. The first-order chi connectivity index (χ1) is 9.02. The highest BCUT2D eigenvalue weighted by atomic mass is 16.5. The third-order valence-electron chi connectivity index (χ3n) is 3.52. The monoisotopic (exact) mass is 263 g/mol. The van der Waals surface area contributed by atoms with Crippen LogP contribution in [-0.4, -0.2) is 42.1 Å². The van der Waals surface area contributed by atoms with Crippen molar-refractivity contribution < 1.29 is 19.4 Å². The minimum absolute atomic E-state index is 0.0912. The summed E-state index contributed by atoms with van der Waals surface area (Å²) in [4.78, 5) is 25.5. The van der Waals surface area contributed by atoms with E-state index in [0.29, 0.717) is 18.7 Å². The standard InChI is InChI=1S/C14H17NO4/c1-9-7-15(8-12(9)14(18)19-2)13(17)10-3-5-11(16)6-4-10/h3-6,9,12,16H,7-8H2,1-2H3.